The Morgan fingerprint density at radius 1 is 0.242 bits per heavy atom. The summed E-state index contributed by atoms with van der Waals surface area (Å²) in [6.45, 7) is 4.55. The Morgan fingerprint density at radius 2 is 0.485 bits per heavy atom. The quantitative estimate of drug-likeness (QED) is 0.0804. The maximum Gasteiger partial charge on any atom is -0.0351 e. The van der Waals surface area contributed by atoms with Crippen molar-refractivity contribution in [1.82, 2.24) is 0 Å². The van der Waals surface area contributed by atoms with Gasteiger partial charge in [0.1, 0.15) is 0 Å². The maximum atomic E-state index is 2.44. The molecule has 0 heterocycles. The second kappa shape index (κ2) is 31.5. The molecule has 33 heavy (non-hydrogen) atoms. The topological polar surface area (TPSA) is 0 Å². The molecule has 0 aromatic heterocycles. The van der Waals surface area contributed by atoms with Gasteiger partial charge >= 0.3 is 0 Å². The van der Waals surface area contributed by atoms with E-state index < -0.39 is 0 Å². The van der Waals surface area contributed by atoms with E-state index in [0.29, 0.717) is 0 Å². The fraction of sp³-hybridized carbons (Fsp3) is 0.879. The molecule has 0 N–H and O–H groups in total. The SMILES string of the molecule is CCCC=CCCCCCCC=CCCCCCCCCCCCCCCCCCCCC. The first-order valence-electron chi connectivity index (χ1n) is 15.7. The Labute approximate surface area is 211 Å². The average Bonchev–Trinajstić information content (AvgIpc) is 2.83. The molecule has 0 atom stereocenters. The van der Waals surface area contributed by atoms with Crippen LogP contribution in [0, 0.1) is 0 Å². The van der Waals surface area contributed by atoms with E-state index >= 15 is 0 Å². The number of rotatable bonds is 28. The molecule has 0 nitrogen and oxygen atoms in total. The monoisotopic (exact) mass is 461 g/mol. The van der Waals surface area contributed by atoms with Crippen LogP contribution in [0.3, 0.4) is 0 Å². The largest absolute Gasteiger partial charge is 0.0885 e. The summed E-state index contributed by atoms with van der Waals surface area (Å²) < 4.78 is 0. The van der Waals surface area contributed by atoms with E-state index in [1.165, 1.54) is 173 Å². The van der Waals surface area contributed by atoms with E-state index in [2.05, 4.69) is 38.2 Å². The predicted molar refractivity (Wildman–Crippen MR) is 154 cm³/mol. The van der Waals surface area contributed by atoms with Crippen molar-refractivity contribution in [3.63, 3.8) is 0 Å². The fourth-order valence-electron chi connectivity index (χ4n) is 4.68. The van der Waals surface area contributed by atoms with Gasteiger partial charge in [0.25, 0.3) is 0 Å². The molecule has 0 rings (SSSR count). The van der Waals surface area contributed by atoms with Gasteiger partial charge < -0.3 is 0 Å². The zero-order chi connectivity index (χ0) is 23.9. The molecule has 0 unspecified atom stereocenters. The Kier molecular flexibility index (Phi) is 31.0. The van der Waals surface area contributed by atoms with Crippen molar-refractivity contribution in [2.75, 3.05) is 0 Å². The van der Waals surface area contributed by atoms with Crippen LogP contribution in [0.4, 0.5) is 0 Å². The second-order valence-electron chi connectivity index (χ2n) is 10.5. The van der Waals surface area contributed by atoms with Crippen LogP contribution in [0.2, 0.25) is 0 Å². The Balaban J connectivity index is 3.08. The Morgan fingerprint density at radius 3 is 0.758 bits per heavy atom. The maximum absolute atomic E-state index is 2.44. The molecular formula is C33H64. The van der Waals surface area contributed by atoms with Crippen molar-refractivity contribution >= 4 is 0 Å². The van der Waals surface area contributed by atoms with Gasteiger partial charge in [-0.25, -0.2) is 0 Å². The van der Waals surface area contributed by atoms with Gasteiger partial charge in [-0.3, -0.25) is 0 Å². The van der Waals surface area contributed by atoms with Crippen molar-refractivity contribution in [2.24, 2.45) is 0 Å². The summed E-state index contributed by atoms with van der Waals surface area (Å²) in [6, 6.07) is 0. The molecule has 0 saturated heterocycles. The van der Waals surface area contributed by atoms with E-state index in [4.69, 9.17) is 0 Å². The van der Waals surface area contributed by atoms with E-state index in [-0.39, 0.29) is 0 Å². The number of hydrogen-bond acceptors (Lipinski definition) is 0. The number of hydrogen-bond donors (Lipinski definition) is 0. The highest BCUT2D eigenvalue weighted by molar-refractivity contribution is 4.82. The Bertz CT molecular complexity index is 377. The van der Waals surface area contributed by atoms with Crippen LogP contribution in [-0.2, 0) is 0 Å². The van der Waals surface area contributed by atoms with E-state index in [1.54, 1.807) is 0 Å². The Hall–Kier alpha value is -0.520. The molecule has 0 aliphatic rings. The van der Waals surface area contributed by atoms with Gasteiger partial charge in [0.15, 0.2) is 0 Å². The lowest BCUT2D eigenvalue weighted by Gasteiger charge is -2.03. The standard InChI is InChI=1S/C33H64/c1-3-5-7-9-11-13-15-17-19-21-23-25-27-29-31-33-32-30-28-26-24-22-20-18-16-14-12-10-8-6-4-2/h7,9,23,25H,3-6,8,10-22,24,26-33H2,1-2H3. The smallest absolute Gasteiger partial charge is 0.0351 e. The normalized spacial score (nSPS) is 11.9. The van der Waals surface area contributed by atoms with Gasteiger partial charge in [0.2, 0.25) is 0 Å². The summed E-state index contributed by atoms with van der Waals surface area (Å²) in [4.78, 5) is 0. The summed E-state index contributed by atoms with van der Waals surface area (Å²) >= 11 is 0. The zero-order valence-electron chi connectivity index (χ0n) is 23.4. The molecule has 0 aliphatic carbocycles. The molecule has 0 aliphatic heterocycles. The molecule has 196 valence electrons. The molecule has 0 fully saturated rings. The van der Waals surface area contributed by atoms with Crippen LogP contribution >= 0.6 is 0 Å². The van der Waals surface area contributed by atoms with Crippen LogP contribution in [0.1, 0.15) is 187 Å². The number of allylic oxidation sites excluding steroid dienone is 4. The molecule has 0 amide bonds. The lowest BCUT2D eigenvalue weighted by Crippen LogP contribution is -1.84. The predicted octanol–water partition coefficient (Wildman–Crippen LogP) is 12.7. The van der Waals surface area contributed by atoms with Crippen molar-refractivity contribution in [2.45, 2.75) is 187 Å². The first-order valence-corrected chi connectivity index (χ1v) is 15.7. The molecule has 0 radical (unpaired) electrons. The third-order valence-corrected chi connectivity index (χ3v) is 7.00. The third-order valence-electron chi connectivity index (χ3n) is 7.00. The van der Waals surface area contributed by atoms with Gasteiger partial charge in [-0.1, -0.05) is 167 Å². The van der Waals surface area contributed by atoms with Crippen LogP contribution in [0.15, 0.2) is 24.3 Å². The van der Waals surface area contributed by atoms with E-state index in [1.807, 2.05) is 0 Å². The summed E-state index contributed by atoms with van der Waals surface area (Å²) in [5.74, 6) is 0. The minimum atomic E-state index is 1.25. The van der Waals surface area contributed by atoms with Gasteiger partial charge in [0, 0.05) is 0 Å². The van der Waals surface area contributed by atoms with Crippen molar-refractivity contribution in [3.05, 3.63) is 24.3 Å². The zero-order valence-corrected chi connectivity index (χ0v) is 23.4. The van der Waals surface area contributed by atoms with Crippen molar-refractivity contribution < 1.29 is 0 Å². The summed E-state index contributed by atoms with van der Waals surface area (Å²) in [5.41, 5.74) is 0. The molecular weight excluding hydrogens is 396 g/mol. The van der Waals surface area contributed by atoms with Crippen LogP contribution in [0.25, 0.3) is 0 Å². The first kappa shape index (κ1) is 32.5. The van der Waals surface area contributed by atoms with E-state index in [9.17, 15) is 0 Å². The third kappa shape index (κ3) is 31.5. The van der Waals surface area contributed by atoms with Crippen LogP contribution < -0.4 is 0 Å². The molecule has 0 aromatic carbocycles. The van der Waals surface area contributed by atoms with Crippen molar-refractivity contribution in [3.8, 4) is 0 Å². The lowest BCUT2D eigenvalue weighted by molar-refractivity contribution is 0.525. The summed E-state index contributed by atoms with van der Waals surface area (Å²) in [6.07, 6.45) is 47.9. The van der Waals surface area contributed by atoms with Crippen LogP contribution in [0.5, 0.6) is 0 Å². The minimum absolute atomic E-state index is 1.25. The molecule has 0 saturated carbocycles. The van der Waals surface area contributed by atoms with Crippen molar-refractivity contribution in [1.29, 1.82) is 0 Å². The summed E-state index contributed by atoms with van der Waals surface area (Å²) in [7, 11) is 0. The second-order valence-corrected chi connectivity index (χ2v) is 10.5. The highest BCUT2D eigenvalue weighted by atomic mass is 14.0. The van der Waals surface area contributed by atoms with E-state index in [0.717, 1.165) is 0 Å². The molecule has 0 heteroatoms. The highest BCUT2D eigenvalue weighted by Crippen LogP contribution is 2.15. The van der Waals surface area contributed by atoms with Gasteiger partial charge in [0.05, 0.1) is 0 Å². The fourth-order valence-corrected chi connectivity index (χ4v) is 4.68. The molecule has 0 bridgehead atoms. The highest BCUT2D eigenvalue weighted by Gasteiger charge is 1.95. The van der Waals surface area contributed by atoms with Gasteiger partial charge in [-0.05, 0) is 44.9 Å². The average molecular weight is 461 g/mol. The minimum Gasteiger partial charge on any atom is -0.0885 e. The molecule has 0 spiro atoms. The van der Waals surface area contributed by atoms with Gasteiger partial charge in [-0.2, -0.15) is 0 Å². The first-order chi connectivity index (χ1) is 16.4. The lowest BCUT2D eigenvalue weighted by atomic mass is 10.0. The van der Waals surface area contributed by atoms with Crippen LogP contribution in [-0.4, -0.2) is 0 Å². The van der Waals surface area contributed by atoms with Gasteiger partial charge in [-0.15, -0.1) is 0 Å². The summed E-state index contributed by atoms with van der Waals surface area (Å²) in [5, 5.41) is 0. The number of unbranched alkanes of at least 4 members (excludes halogenated alkanes) is 24. The molecule has 0 aromatic rings.